The molecule has 2 aliphatic heterocycles. The summed E-state index contributed by atoms with van der Waals surface area (Å²) < 4.78 is 0. The average molecular weight is 259 g/mol. The second-order valence-corrected chi connectivity index (χ2v) is 6.00. The Morgan fingerprint density at radius 2 is 2.16 bits per heavy atom. The van der Waals surface area contributed by atoms with E-state index in [1.807, 2.05) is 6.07 Å². The molecule has 3 heteroatoms. The number of rotatable bonds is 3. The van der Waals surface area contributed by atoms with E-state index in [0.717, 1.165) is 24.7 Å². The molecule has 1 aromatic rings. The van der Waals surface area contributed by atoms with Gasteiger partial charge in [0.2, 0.25) is 0 Å². The lowest BCUT2D eigenvalue weighted by Gasteiger charge is -2.34. The van der Waals surface area contributed by atoms with Gasteiger partial charge < -0.3 is 15.5 Å². The molecule has 1 fully saturated rings. The highest BCUT2D eigenvalue weighted by Gasteiger charge is 2.23. The molecule has 104 valence electrons. The molecule has 1 saturated heterocycles. The molecule has 1 unspecified atom stereocenters. The summed E-state index contributed by atoms with van der Waals surface area (Å²) in [5.41, 5.74) is 9.76. The van der Waals surface area contributed by atoms with Gasteiger partial charge in [-0.15, -0.1) is 0 Å². The maximum Gasteiger partial charge on any atom is 0.0420 e. The molecule has 2 heterocycles. The number of nitrogen functional groups attached to an aromatic ring is 1. The van der Waals surface area contributed by atoms with E-state index >= 15 is 0 Å². The van der Waals surface area contributed by atoms with Crippen LogP contribution in [0, 0.1) is 0 Å². The minimum absolute atomic E-state index is 0.777. The Labute approximate surface area is 116 Å². The molecule has 1 atom stereocenters. The molecular formula is C16H25N3. The Bertz CT molecular complexity index is 444. The number of fused-ring (bicyclic) bond motifs is 1. The third-order valence-electron chi connectivity index (χ3n) is 4.81. The van der Waals surface area contributed by atoms with Gasteiger partial charge in [-0.25, -0.2) is 0 Å². The van der Waals surface area contributed by atoms with E-state index in [9.17, 15) is 0 Å². The van der Waals surface area contributed by atoms with Crippen molar-refractivity contribution in [2.75, 3.05) is 37.3 Å². The molecule has 19 heavy (non-hydrogen) atoms. The average Bonchev–Trinajstić information content (AvgIpc) is 2.83. The summed E-state index contributed by atoms with van der Waals surface area (Å²) in [7, 11) is 2.28. The van der Waals surface area contributed by atoms with Crippen LogP contribution in [0.15, 0.2) is 18.2 Å². The van der Waals surface area contributed by atoms with Crippen molar-refractivity contribution < 1.29 is 0 Å². The topological polar surface area (TPSA) is 32.5 Å². The lowest BCUT2D eigenvalue weighted by Crippen LogP contribution is -2.38. The van der Waals surface area contributed by atoms with Gasteiger partial charge in [0.1, 0.15) is 0 Å². The number of nitrogens with zero attached hydrogens (tertiary/aromatic N) is 2. The molecule has 0 bridgehead atoms. The van der Waals surface area contributed by atoms with Gasteiger partial charge in [-0.3, -0.25) is 0 Å². The summed E-state index contributed by atoms with van der Waals surface area (Å²) in [5.74, 6) is 0. The van der Waals surface area contributed by atoms with E-state index in [0.29, 0.717) is 0 Å². The third kappa shape index (κ3) is 2.57. The van der Waals surface area contributed by atoms with Gasteiger partial charge in [0.25, 0.3) is 0 Å². The van der Waals surface area contributed by atoms with Crippen LogP contribution in [0.5, 0.6) is 0 Å². The molecule has 3 rings (SSSR count). The molecule has 0 aromatic heterocycles. The highest BCUT2D eigenvalue weighted by Crippen LogP contribution is 2.32. The summed E-state index contributed by atoms with van der Waals surface area (Å²) in [4.78, 5) is 5.06. The van der Waals surface area contributed by atoms with Crippen molar-refractivity contribution in [2.24, 2.45) is 0 Å². The lowest BCUT2D eigenvalue weighted by molar-refractivity contribution is 0.178. The minimum atomic E-state index is 0.777. The van der Waals surface area contributed by atoms with Crippen LogP contribution in [0.1, 0.15) is 31.2 Å². The first-order chi connectivity index (χ1) is 9.25. The van der Waals surface area contributed by atoms with Gasteiger partial charge in [0.15, 0.2) is 0 Å². The zero-order valence-electron chi connectivity index (χ0n) is 11.9. The summed E-state index contributed by atoms with van der Waals surface area (Å²) >= 11 is 0. The monoisotopic (exact) mass is 259 g/mol. The summed E-state index contributed by atoms with van der Waals surface area (Å²) in [6.45, 7) is 3.58. The Hall–Kier alpha value is -1.22. The fourth-order valence-electron chi connectivity index (χ4n) is 3.57. The van der Waals surface area contributed by atoms with Crippen LogP contribution in [0.3, 0.4) is 0 Å². The molecule has 0 aliphatic carbocycles. The minimum Gasteiger partial charge on any atom is -0.398 e. The smallest absolute Gasteiger partial charge is 0.0420 e. The van der Waals surface area contributed by atoms with Crippen molar-refractivity contribution in [2.45, 2.75) is 38.1 Å². The first kappa shape index (κ1) is 12.8. The van der Waals surface area contributed by atoms with Crippen LogP contribution in [0.4, 0.5) is 11.4 Å². The number of anilines is 2. The summed E-state index contributed by atoms with van der Waals surface area (Å²) in [5, 5.41) is 0. The van der Waals surface area contributed by atoms with E-state index in [1.54, 1.807) is 0 Å². The van der Waals surface area contributed by atoms with Crippen LogP contribution in [-0.2, 0) is 6.42 Å². The van der Waals surface area contributed by atoms with Gasteiger partial charge in [-0.2, -0.15) is 0 Å². The molecular weight excluding hydrogens is 234 g/mol. The van der Waals surface area contributed by atoms with Gasteiger partial charge >= 0.3 is 0 Å². The Morgan fingerprint density at radius 3 is 3.00 bits per heavy atom. The number of hydrogen-bond acceptors (Lipinski definition) is 3. The van der Waals surface area contributed by atoms with Crippen molar-refractivity contribution in [3.05, 3.63) is 23.8 Å². The normalized spacial score (nSPS) is 23.6. The van der Waals surface area contributed by atoms with Crippen LogP contribution in [0.25, 0.3) is 0 Å². The van der Waals surface area contributed by atoms with E-state index in [4.69, 9.17) is 5.73 Å². The second-order valence-electron chi connectivity index (χ2n) is 6.00. The standard InChI is InChI=1S/C16H25N3/c1-18-10-3-2-5-13(18)8-11-19-12-9-14-15(17)6-4-7-16(14)19/h4,6-7,13H,2-3,5,8-12,17H2,1H3. The van der Waals surface area contributed by atoms with Crippen molar-refractivity contribution in [3.63, 3.8) is 0 Å². The van der Waals surface area contributed by atoms with Crippen molar-refractivity contribution in [1.29, 1.82) is 0 Å². The maximum atomic E-state index is 6.06. The fourth-order valence-corrected chi connectivity index (χ4v) is 3.57. The third-order valence-corrected chi connectivity index (χ3v) is 4.81. The highest BCUT2D eigenvalue weighted by molar-refractivity contribution is 5.68. The molecule has 0 saturated carbocycles. The first-order valence-electron chi connectivity index (χ1n) is 7.58. The van der Waals surface area contributed by atoms with Gasteiger partial charge in [-0.05, 0) is 51.4 Å². The molecule has 0 spiro atoms. The van der Waals surface area contributed by atoms with Gasteiger partial charge in [0.05, 0.1) is 0 Å². The second kappa shape index (κ2) is 5.41. The van der Waals surface area contributed by atoms with E-state index in [2.05, 4.69) is 29.0 Å². The van der Waals surface area contributed by atoms with Crippen LogP contribution in [0.2, 0.25) is 0 Å². The van der Waals surface area contributed by atoms with E-state index < -0.39 is 0 Å². The molecule has 2 aliphatic rings. The highest BCUT2D eigenvalue weighted by atomic mass is 15.2. The SMILES string of the molecule is CN1CCCCC1CCN1CCc2c(N)cccc21. The zero-order valence-corrected chi connectivity index (χ0v) is 11.9. The summed E-state index contributed by atoms with van der Waals surface area (Å²) in [6.07, 6.45) is 6.54. The number of hydrogen-bond donors (Lipinski definition) is 1. The van der Waals surface area contributed by atoms with Crippen LogP contribution in [-0.4, -0.2) is 37.6 Å². The zero-order chi connectivity index (χ0) is 13.2. The Balaban J connectivity index is 1.62. The maximum absolute atomic E-state index is 6.06. The van der Waals surface area contributed by atoms with Crippen molar-refractivity contribution in [1.82, 2.24) is 4.90 Å². The fraction of sp³-hybridized carbons (Fsp3) is 0.625. The lowest BCUT2D eigenvalue weighted by atomic mass is 10.00. The molecule has 0 amide bonds. The van der Waals surface area contributed by atoms with E-state index in [-0.39, 0.29) is 0 Å². The quantitative estimate of drug-likeness (QED) is 0.847. The Kier molecular flexibility index (Phi) is 3.65. The molecule has 0 radical (unpaired) electrons. The summed E-state index contributed by atoms with van der Waals surface area (Å²) in [6, 6.07) is 7.11. The van der Waals surface area contributed by atoms with Gasteiger partial charge in [-0.1, -0.05) is 12.5 Å². The van der Waals surface area contributed by atoms with Crippen molar-refractivity contribution >= 4 is 11.4 Å². The predicted molar refractivity (Wildman–Crippen MR) is 81.7 cm³/mol. The van der Waals surface area contributed by atoms with Crippen molar-refractivity contribution in [3.8, 4) is 0 Å². The molecule has 2 N–H and O–H groups in total. The molecule has 1 aromatic carbocycles. The van der Waals surface area contributed by atoms with Crippen LogP contribution >= 0.6 is 0 Å². The van der Waals surface area contributed by atoms with E-state index in [1.165, 1.54) is 50.0 Å². The number of benzene rings is 1. The molecule has 3 nitrogen and oxygen atoms in total. The Morgan fingerprint density at radius 1 is 1.26 bits per heavy atom. The predicted octanol–water partition coefficient (Wildman–Crippen LogP) is 2.51. The number of nitrogens with two attached hydrogens (primary N) is 1. The number of piperidine rings is 1. The van der Waals surface area contributed by atoms with Crippen LogP contribution < -0.4 is 10.6 Å². The largest absolute Gasteiger partial charge is 0.398 e. The van der Waals surface area contributed by atoms with Gasteiger partial charge in [0, 0.05) is 36.1 Å². The first-order valence-corrected chi connectivity index (χ1v) is 7.58. The number of likely N-dealkylation sites (tertiary alicyclic amines) is 1.